The number of halogens is 1. The smallest absolute Gasteiger partial charge is 0.275 e. The zero-order chi connectivity index (χ0) is 18.6. The first-order chi connectivity index (χ1) is 13.2. The third kappa shape index (κ3) is 3.73. The molecule has 0 aliphatic carbocycles. The molecule has 6 heteroatoms. The Labute approximate surface area is 161 Å². The molecule has 4 aromatic rings. The fourth-order valence-corrected chi connectivity index (χ4v) is 2.81. The Morgan fingerprint density at radius 1 is 0.926 bits per heavy atom. The van der Waals surface area contributed by atoms with Crippen molar-refractivity contribution in [2.45, 2.75) is 0 Å². The summed E-state index contributed by atoms with van der Waals surface area (Å²) < 4.78 is 1.63. The Hall–Kier alpha value is -3.44. The molecule has 0 saturated heterocycles. The van der Waals surface area contributed by atoms with Gasteiger partial charge in [-0.2, -0.15) is 5.10 Å². The largest absolute Gasteiger partial charge is 0.305 e. The molecule has 0 atom stereocenters. The second-order valence-electron chi connectivity index (χ2n) is 5.84. The summed E-state index contributed by atoms with van der Waals surface area (Å²) in [6.07, 6.45) is 1.63. The number of nitrogens with zero attached hydrogens (tertiary/aromatic N) is 3. The Balaban J connectivity index is 1.76. The average molecular weight is 375 g/mol. The van der Waals surface area contributed by atoms with Crippen LogP contribution >= 0.6 is 11.6 Å². The maximum atomic E-state index is 12.9. The molecule has 4 rings (SSSR count). The van der Waals surface area contributed by atoms with Crippen LogP contribution in [0.15, 0.2) is 85.1 Å². The predicted octanol–water partition coefficient (Wildman–Crippen LogP) is 4.84. The van der Waals surface area contributed by atoms with Crippen molar-refractivity contribution < 1.29 is 4.79 Å². The summed E-state index contributed by atoms with van der Waals surface area (Å²) in [4.78, 5) is 17.0. The molecular weight excluding hydrogens is 360 g/mol. The number of aromatic nitrogens is 3. The molecule has 0 aliphatic rings. The lowest BCUT2D eigenvalue weighted by molar-refractivity contribution is 0.101. The highest BCUT2D eigenvalue weighted by Gasteiger charge is 2.18. The molecule has 5 nitrogen and oxygen atoms in total. The van der Waals surface area contributed by atoms with Crippen LogP contribution < -0.4 is 5.32 Å². The molecule has 2 aromatic heterocycles. The summed E-state index contributed by atoms with van der Waals surface area (Å²) in [5, 5.41) is 8.09. The first kappa shape index (κ1) is 17.0. The Morgan fingerprint density at radius 3 is 2.37 bits per heavy atom. The van der Waals surface area contributed by atoms with Crippen LogP contribution in [0.2, 0.25) is 5.02 Å². The molecule has 0 bridgehead atoms. The minimum Gasteiger partial charge on any atom is -0.305 e. The van der Waals surface area contributed by atoms with Gasteiger partial charge >= 0.3 is 0 Å². The highest BCUT2D eigenvalue weighted by atomic mass is 35.5. The van der Waals surface area contributed by atoms with Gasteiger partial charge in [0.1, 0.15) is 11.5 Å². The van der Waals surface area contributed by atoms with E-state index in [1.807, 2.05) is 48.5 Å². The number of nitrogens with one attached hydrogen (secondary N) is 1. The molecule has 0 radical (unpaired) electrons. The van der Waals surface area contributed by atoms with Crippen LogP contribution in [-0.2, 0) is 0 Å². The minimum absolute atomic E-state index is 0.287. The number of carbonyl (C=O) groups is 1. The van der Waals surface area contributed by atoms with Crippen LogP contribution in [0, 0.1) is 0 Å². The van der Waals surface area contributed by atoms with Gasteiger partial charge in [0.05, 0.1) is 11.4 Å². The molecule has 132 valence electrons. The molecule has 27 heavy (non-hydrogen) atoms. The summed E-state index contributed by atoms with van der Waals surface area (Å²) in [6, 6.07) is 24.0. The van der Waals surface area contributed by atoms with E-state index < -0.39 is 0 Å². The lowest BCUT2D eigenvalue weighted by Gasteiger charge is -2.07. The number of rotatable bonds is 4. The quantitative estimate of drug-likeness (QED) is 0.556. The van der Waals surface area contributed by atoms with Crippen molar-refractivity contribution in [3.8, 4) is 16.9 Å². The Bertz CT molecular complexity index is 1060. The lowest BCUT2D eigenvalue weighted by Crippen LogP contribution is -2.17. The zero-order valence-electron chi connectivity index (χ0n) is 14.2. The Morgan fingerprint density at radius 2 is 1.67 bits per heavy atom. The number of benzene rings is 2. The van der Waals surface area contributed by atoms with E-state index in [0.29, 0.717) is 22.2 Å². The van der Waals surface area contributed by atoms with Crippen LogP contribution in [0.4, 0.5) is 5.82 Å². The van der Waals surface area contributed by atoms with E-state index in [9.17, 15) is 4.79 Å². The van der Waals surface area contributed by atoms with E-state index in [0.717, 1.165) is 11.3 Å². The van der Waals surface area contributed by atoms with Crippen LogP contribution in [-0.4, -0.2) is 20.7 Å². The Kier molecular flexibility index (Phi) is 4.68. The number of carbonyl (C=O) groups excluding carboxylic acids is 1. The highest BCUT2D eigenvalue weighted by Crippen LogP contribution is 2.24. The lowest BCUT2D eigenvalue weighted by atomic mass is 10.1. The summed E-state index contributed by atoms with van der Waals surface area (Å²) in [5.41, 5.74) is 2.77. The van der Waals surface area contributed by atoms with Gasteiger partial charge in [-0.3, -0.25) is 4.79 Å². The van der Waals surface area contributed by atoms with Gasteiger partial charge in [-0.25, -0.2) is 9.67 Å². The van der Waals surface area contributed by atoms with E-state index in [1.54, 1.807) is 41.2 Å². The van der Waals surface area contributed by atoms with E-state index >= 15 is 0 Å². The van der Waals surface area contributed by atoms with Gasteiger partial charge in [0.15, 0.2) is 0 Å². The first-order valence-corrected chi connectivity index (χ1v) is 8.72. The third-order valence-electron chi connectivity index (χ3n) is 3.99. The number of hydrogen-bond acceptors (Lipinski definition) is 3. The molecule has 1 N–H and O–H groups in total. The van der Waals surface area contributed by atoms with E-state index in [2.05, 4.69) is 15.4 Å². The van der Waals surface area contributed by atoms with Crippen LogP contribution in [0.5, 0.6) is 0 Å². The molecule has 2 heterocycles. The maximum Gasteiger partial charge on any atom is 0.275 e. The van der Waals surface area contributed by atoms with Crippen molar-refractivity contribution >= 4 is 23.3 Å². The van der Waals surface area contributed by atoms with Crippen LogP contribution in [0.25, 0.3) is 16.9 Å². The minimum atomic E-state index is -0.287. The van der Waals surface area contributed by atoms with Gasteiger partial charge in [-0.1, -0.05) is 48.0 Å². The van der Waals surface area contributed by atoms with Gasteiger partial charge in [-0.05, 0) is 42.5 Å². The average Bonchev–Trinajstić information content (AvgIpc) is 3.16. The zero-order valence-corrected chi connectivity index (χ0v) is 15.0. The highest BCUT2D eigenvalue weighted by molar-refractivity contribution is 6.30. The topological polar surface area (TPSA) is 59.8 Å². The van der Waals surface area contributed by atoms with Gasteiger partial charge < -0.3 is 5.32 Å². The third-order valence-corrected chi connectivity index (χ3v) is 4.24. The van der Waals surface area contributed by atoms with Gasteiger partial charge in [0.2, 0.25) is 0 Å². The van der Waals surface area contributed by atoms with E-state index in [-0.39, 0.29) is 5.91 Å². The van der Waals surface area contributed by atoms with Crippen molar-refractivity contribution in [2.24, 2.45) is 0 Å². The molecule has 2 aromatic carbocycles. The normalized spacial score (nSPS) is 10.6. The SMILES string of the molecule is O=C(Nc1ccccn1)c1cc(-c2ccc(Cl)cc2)nn1-c1ccccc1. The molecular formula is C21H15ClN4O. The van der Waals surface area contributed by atoms with E-state index in [4.69, 9.17) is 11.6 Å². The van der Waals surface area contributed by atoms with Crippen LogP contribution in [0.1, 0.15) is 10.5 Å². The molecule has 0 saturated carbocycles. The number of para-hydroxylation sites is 1. The fraction of sp³-hybridized carbons (Fsp3) is 0. The number of hydrogen-bond donors (Lipinski definition) is 1. The van der Waals surface area contributed by atoms with Gasteiger partial charge in [-0.15, -0.1) is 0 Å². The van der Waals surface area contributed by atoms with Gasteiger partial charge in [0, 0.05) is 16.8 Å². The fourth-order valence-electron chi connectivity index (χ4n) is 2.69. The van der Waals surface area contributed by atoms with Crippen LogP contribution in [0.3, 0.4) is 0 Å². The molecule has 0 spiro atoms. The second kappa shape index (κ2) is 7.43. The van der Waals surface area contributed by atoms with Crippen molar-refractivity contribution in [1.82, 2.24) is 14.8 Å². The molecule has 0 fully saturated rings. The maximum absolute atomic E-state index is 12.9. The molecule has 0 aliphatic heterocycles. The summed E-state index contributed by atoms with van der Waals surface area (Å²) >= 11 is 5.98. The number of amides is 1. The standard InChI is InChI=1S/C21H15ClN4O/c22-16-11-9-15(10-12-16)18-14-19(21(27)24-20-8-4-5-13-23-20)26(25-18)17-6-2-1-3-7-17/h1-14H,(H,23,24,27). The molecule has 1 amide bonds. The number of anilines is 1. The monoisotopic (exact) mass is 374 g/mol. The van der Waals surface area contributed by atoms with Crippen molar-refractivity contribution in [1.29, 1.82) is 0 Å². The van der Waals surface area contributed by atoms with Gasteiger partial charge in [0.25, 0.3) is 5.91 Å². The van der Waals surface area contributed by atoms with E-state index in [1.165, 1.54) is 0 Å². The van der Waals surface area contributed by atoms with Crippen molar-refractivity contribution in [3.63, 3.8) is 0 Å². The number of pyridine rings is 1. The summed E-state index contributed by atoms with van der Waals surface area (Å²) in [7, 11) is 0. The first-order valence-electron chi connectivity index (χ1n) is 8.34. The summed E-state index contributed by atoms with van der Waals surface area (Å²) in [5.74, 6) is 0.196. The van der Waals surface area contributed by atoms with Crippen molar-refractivity contribution in [2.75, 3.05) is 5.32 Å². The van der Waals surface area contributed by atoms with Crippen molar-refractivity contribution in [3.05, 3.63) is 95.8 Å². The predicted molar refractivity (Wildman–Crippen MR) is 106 cm³/mol. The second-order valence-corrected chi connectivity index (χ2v) is 6.27. The summed E-state index contributed by atoms with van der Waals surface area (Å²) in [6.45, 7) is 0. The molecule has 0 unspecified atom stereocenters.